The van der Waals surface area contributed by atoms with Crippen LogP contribution in [0.2, 0.25) is 0 Å². The van der Waals surface area contributed by atoms with Gasteiger partial charge in [0.25, 0.3) is 0 Å². The van der Waals surface area contributed by atoms with E-state index in [4.69, 9.17) is 16.7 Å². The summed E-state index contributed by atoms with van der Waals surface area (Å²) in [6.45, 7) is 3.73. The van der Waals surface area contributed by atoms with E-state index < -0.39 is 6.09 Å². The Hall–Kier alpha value is -1.66. The third kappa shape index (κ3) is 1.96. The van der Waals surface area contributed by atoms with Crippen molar-refractivity contribution in [2.45, 2.75) is 32.2 Å². The van der Waals surface area contributed by atoms with Crippen molar-refractivity contribution in [2.24, 2.45) is 11.6 Å². The molecule has 1 aliphatic rings. The molecule has 0 aromatic carbocycles. The van der Waals surface area contributed by atoms with Crippen LogP contribution in [0.1, 0.15) is 29.7 Å². The molecule has 0 atom stereocenters. The second-order valence-electron chi connectivity index (χ2n) is 4.57. The maximum absolute atomic E-state index is 10.8. The van der Waals surface area contributed by atoms with Crippen molar-refractivity contribution in [1.82, 2.24) is 4.98 Å². The minimum atomic E-state index is -1.24. The van der Waals surface area contributed by atoms with Gasteiger partial charge in [-0.15, -0.1) is 0 Å². The molecule has 0 radical (unpaired) electrons. The van der Waals surface area contributed by atoms with Crippen LogP contribution >= 0.6 is 0 Å². The molecule has 6 heteroatoms. The number of nitrogens with two attached hydrogens (primary N) is 2. The van der Waals surface area contributed by atoms with E-state index in [0.717, 1.165) is 29.7 Å². The molecule has 6 nitrogen and oxygen atoms in total. The number of carbonyl (C=O) groups is 1. The fraction of sp³-hybridized carbons (Fsp3) is 0.455. The number of anilines is 1. The lowest BCUT2D eigenvalue weighted by atomic mass is 9.98. The number of aryl methyl sites for hydroxylation is 2. The molecule has 0 unspecified atom stereocenters. The molecule has 5 N–H and O–H groups in total. The van der Waals surface area contributed by atoms with Gasteiger partial charge in [-0.3, -0.25) is 0 Å². The van der Waals surface area contributed by atoms with Crippen LogP contribution in [0, 0.1) is 13.8 Å². The number of aromatic nitrogens is 1. The van der Waals surface area contributed by atoms with Gasteiger partial charge in [-0.1, -0.05) is 0 Å². The Balaban J connectivity index is 2.45. The predicted molar refractivity (Wildman–Crippen MR) is 63.5 cm³/mol. The first-order valence-corrected chi connectivity index (χ1v) is 5.40. The molecule has 1 saturated carbocycles. The van der Waals surface area contributed by atoms with Crippen LogP contribution in [0.5, 0.6) is 0 Å². The van der Waals surface area contributed by atoms with Crippen LogP contribution < -0.4 is 16.6 Å². The van der Waals surface area contributed by atoms with Gasteiger partial charge >= 0.3 is 6.09 Å². The zero-order valence-corrected chi connectivity index (χ0v) is 9.90. The molecule has 1 aromatic heterocycles. The molecule has 1 amide bonds. The van der Waals surface area contributed by atoms with Crippen LogP contribution in [0.4, 0.5) is 10.6 Å². The normalized spacial score (nSPS) is 16.7. The smallest absolute Gasteiger partial charge is 0.427 e. The van der Waals surface area contributed by atoms with E-state index in [1.54, 1.807) is 6.07 Å². The van der Waals surface area contributed by atoms with Crippen molar-refractivity contribution >= 4 is 11.9 Å². The quantitative estimate of drug-likeness (QED) is 0.403. The van der Waals surface area contributed by atoms with Crippen molar-refractivity contribution in [3.05, 3.63) is 22.9 Å². The largest absolute Gasteiger partial charge is 0.464 e. The molecule has 0 bridgehead atoms. The van der Waals surface area contributed by atoms with Gasteiger partial charge in [-0.25, -0.2) is 15.6 Å². The van der Waals surface area contributed by atoms with E-state index in [9.17, 15) is 4.79 Å². The van der Waals surface area contributed by atoms with E-state index in [-0.39, 0.29) is 11.4 Å². The highest BCUT2D eigenvalue weighted by molar-refractivity contribution is 5.83. The minimum absolute atomic E-state index is 0.223. The second-order valence-corrected chi connectivity index (χ2v) is 4.57. The first kappa shape index (κ1) is 11.8. The van der Waals surface area contributed by atoms with Crippen LogP contribution in [0.3, 0.4) is 0 Å². The highest BCUT2D eigenvalue weighted by atomic mass is 16.4. The Morgan fingerprint density at radius 1 is 1.53 bits per heavy atom. The number of hydrazine groups is 1. The zero-order chi connectivity index (χ0) is 12.8. The van der Waals surface area contributed by atoms with Crippen LogP contribution in [0.15, 0.2) is 6.07 Å². The lowest BCUT2D eigenvalue weighted by Gasteiger charge is -2.19. The average Bonchev–Trinajstić information content (AvgIpc) is 2.94. The Labute approximate surface area is 99.2 Å². The average molecular weight is 236 g/mol. The number of hydrogen-bond acceptors (Lipinski definition) is 4. The van der Waals surface area contributed by atoms with E-state index in [1.165, 1.54) is 0 Å². The summed E-state index contributed by atoms with van der Waals surface area (Å²) in [5.41, 5.74) is 8.57. The molecule has 1 aromatic rings. The van der Waals surface area contributed by atoms with E-state index >= 15 is 0 Å². The lowest BCUT2D eigenvalue weighted by molar-refractivity contribution is 0.201. The highest BCUT2D eigenvalue weighted by Crippen LogP contribution is 2.45. The first-order valence-electron chi connectivity index (χ1n) is 5.40. The summed E-state index contributed by atoms with van der Waals surface area (Å²) in [6, 6.07) is 1.66. The maximum atomic E-state index is 10.8. The zero-order valence-electron chi connectivity index (χ0n) is 9.90. The maximum Gasteiger partial charge on any atom is 0.427 e. The number of nitrogens with zero attached hydrogens (tertiary/aromatic N) is 2. The van der Waals surface area contributed by atoms with Crippen LogP contribution in [-0.2, 0) is 5.54 Å². The van der Waals surface area contributed by atoms with E-state index in [0.29, 0.717) is 5.01 Å². The predicted octanol–water partition coefficient (Wildman–Crippen LogP) is 1.00. The number of amides is 1. The van der Waals surface area contributed by atoms with Gasteiger partial charge in [-0.2, -0.15) is 5.01 Å². The molecule has 1 aliphatic carbocycles. The summed E-state index contributed by atoms with van der Waals surface area (Å²) in [5, 5.41) is 9.41. The molecule has 92 valence electrons. The van der Waals surface area contributed by atoms with Crippen molar-refractivity contribution in [1.29, 1.82) is 0 Å². The highest BCUT2D eigenvalue weighted by Gasteiger charge is 2.42. The Morgan fingerprint density at radius 3 is 2.53 bits per heavy atom. The topological polar surface area (TPSA) is 105 Å². The number of pyridine rings is 1. The van der Waals surface area contributed by atoms with Gasteiger partial charge in [-0.05, 0) is 43.9 Å². The third-order valence-electron chi connectivity index (χ3n) is 3.12. The van der Waals surface area contributed by atoms with E-state index in [2.05, 4.69) is 4.98 Å². The van der Waals surface area contributed by atoms with Crippen molar-refractivity contribution in [2.75, 3.05) is 5.01 Å². The van der Waals surface area contributed by atoms with Crippen molar-refractivity contribution in [3.8, 4) is 0 Å². The lowest BCUT2D eigenvalue weighted by Crippen LogP contribution is -2.37. The molecule has 2 rings (SSSR count). The van der Waals surface area contributed by atoms with E-state index in [1.807, 2.05) is 13.8 Å². The third-order valence-corrected chi connectivity index (χ3v) is 3.12. The molecule has 1 heterocycles. The molecular formula is C11H16N4O2. The van der Waals surface area contributed by atoms with Gasteiger partial charge < -0.3 is 10.8 Å². The minimum Gasteiger partial charge on any atom is -0.464 e. The monoisotopic (exact) mass is 236 g/mol. The fourth-order valence-electron chi connectivity index (χ4n) is 2.17. The van der Waals surface area contributed by atoms with Crippen molar-refractivity contribution in [3.63, 3.8) is 0 Å². The SMILES string of the molecule is Cc1cc(N(N)C(=O)O)nc(C)c1C1(N)CC1. The molecular weight excluding hydrogens is 220 g/mol. The summed E-state index contributed by atoms with van der Waals surface area (Å²) in [6.07, 6.45) is 0.653. The van der Waals surface area contributed by atoms with Crippen LogP contribution in [-0.4, -0.2) is 16.2 Å². The van der Waals surface area contributed by atoms with Gasteiger partial charge in [0.2, 0.25) is 0 Å². The Kier molecular flexibility index (Phi) is 2.56. The number of hydrogen-bond donors (Lipinski definition) is 3. The summed E-state index contributed by atoms with van der Waals surface area (Å²) in [7, 11) is 0. The summed E-state index contributed by atoms with van der Waals surface area (Å²) < 4.78 is 0. The molecule has 0 saturated heterocycles. The Bertz CT molecular complexity index is 459. The fourth-order valence-corrected chi connectivity index (χ4v) is 2.17. The summed E-state index contributed by atoms with van der Waals surface area (Å²) >= 11 is 0. The molecule has 1 fully saturated rings. The Morgan fingerprint density at radius 2 is 2.12 bits per heavy atom. The molecule has 17 heavy (non-hydrogen) atoms. The number of rotatable bonds is 2. The van der Waals surface area contributed by atoms with Gasteiger partial charge in [0.15, 0.2) is 5.82 Å². The molecule has 0 spiro atoms. The first-order chi connectivity index (χ1) is 7.85. The summed E-state index contributed by atoms with van der Waals surface area (Å²) in [4.78, 5) is 15.0. The summed E-state index contributed by atoms with van der Waals surface area (Å²) in [5.74, 6) is 5.61. The number of carboxylic acid groups (broad SMARTS) is 1. The molecule has 0 aliphatic heterocycles. The van der Waals surface area contributed by atoms with Gasteiger partial charge in [0.1, 0.15) is 0 Å². The van der Waals surface area contributed by atoms with Gasteiger partial charge in [0, 0.05) is 11.2 Å². The van der Waals surface area contributed by atoms with Crippen molar-refractivity contribution < 1.29 is 9.90 Å². The standard InChI is InChI=1S/C11H16N4O2/c1-6-5-8(15(13)10(16)17)14-7(2)9(6)11(12)3-4-11/h5H,3-4,12-13H2,1-2H3,(H,16,17). The van der Waals surface area contributed by atoms with Crippen LogP contribution in [0.25, 0.3) is 0 Å². The van der Waals surface area contributed by atoms with Gasteiger partial charge in [0.05, 0.1) is 0 Å². The second kappa shape index (κ2) is 3.68.